The van der Waals surface area contributed by atoms with Gasteiger partial charge in [0, 0.05) is 16.1 Å². The molecular formula is C13H11BrClNOS. The van der Waals surface area contributed by atoms with E-state index in [0.29, 0.717) is 5.02 Å². The average molecular weight is 345 g/mol. The van der Waals surface area contributed by atoms with Crippen molar-refractivity contribution >= 4 is 39.3 Å². The molecule has 0 aliphatic carbocycles. The molecule has 2 aromatic rings. The molecule has 1 unspecified atom stereocenters. The van der Waals surface area contributed by atoms with Gasteiger partial charge < -0.3 is 5.11 Å². The van der Waals surface area contributed by atoms with Crippen LogP contribution in [-0.4, -0.2) is 10.1 Å². The number of aliphatic hydroxyl groups excluding tert-OH is 1. The summed E-state index contributed by atoms with van der Waals surface area (Å²) in [5.41, 5.74) is 0.737. The zero-order chi connectivity index (χ0) is 13.1. The van der Waals surface area contributed by atoms with Crippen molar-refractivity contribution in [3.63, 3.8) is 0 Å². The van der Waals surface area contributed by atoms with E-state index in [-0.39, 0.29) is 0 Å². The first-order chi connectivity index (χ1) is 8.58. The molecule has 5 heteroatoms. The van der Waals surface area contributed by atoms with Gasteiger partial charge in [-0.15, -0.1) is 0 Å². The van der Waals surface area contributed by atoms with Crippen molar-refractivity contribution in [2.24, 2.45) is 0 Å². The first-order valence-corrected chi connectivity index (χ1v) is 7.32. The molecule has 0 bridgehead atoms. The fraction of sp³-hybridized carbons (Fsp3) is 0.154. The zero-order valence-corrected chi connectivity index (χ0v) is 12.8. The van der Waals surface area contributed by atoms with Crippen LogP contribution in [0.25, 0.3) is 0 Å². The molecule has 1 heterocycles. The molecule has 1 atom stereocenters. The van der Waals surface area contributed by atoms with Crippen LogP contribution in [0.15, 0.2) is 50.9 Å². The van der Waals surface area contributed by atoms with E-state index in [9.17, 15) is 5.11 Å². The Balaban J connectivity index is 2.26. The molecule has 94 valence electrons. The molecule has 18 heavy (non-hydrogen) atoms. The Labute approximate surface area is 124 Å². The van der Waals surface area contributed by atoms with Gasteiger partial charge in [-0.2, -0.15) is 0 Å². The molecule has 0 spiro atoms. The van der Waals surface area contributed by atoms with Gasteiger partial charge in [-0.25, -0.2) is 4.98 Å². The number of hydrogen-bond donors (Lipinski definition) is 1. The zero-order valence-electron chi connectivity index (χ0n) is 9.60. The van der Waals surface area contributed by atoms with Crippen LogP contribution in [0.2, 0.25) is 5.02 Å². The van der Waals surface area contributed by atoms with Crippen LogP contribution < -0.4 is 0 Å². The molecule has 0 fully saturated rings. The van der Waals surface area contributed by atoms with Crippen molar-refractivity contribution in [3.05, 3.63) is 51.6 Å². The van der Waals surface area contributed by atoms with E-state index >= 15 is 0 Å². The van der Waals surface area contributed by atoms with Gasteiger partial charge in [0.25, 0.3) is 0 Å². The number of hydrogen-bond acceptors (Lipinski definition) is 3. The molecule has 0 aliphatic heterocycles. The lowest BCUT2D eigenvalue weighted by Crippen LogP contribution is -1.92. The van der Waals surface area contributed by atoms with Crippen molar-refractivity contribution in [2.45, 2.75) is 22.9 Å². The lowest BCUT2D eigenvalue weighted by Gasteiger charge is -2.09. The molecule has 0 saturated heterocycles. The second kappa shape index (κ2) is 6.06. The second-order valence-corrected chi connectivity index (χ2v) is 6.08. The summed E-state index contributed by atoms with van der Waals surface area (Å²) in [4.78, 5) is 5.27. The lowest BCUT2D eigenvalue weighted by atomic mass is 10.1. The van der Waals surface area contributed by atoms with Crippen molar-refractivity contribution < 1.29 is 5.11 Å². The van der Waals surface area contributed by atoms with E-state index in [2.05, 4.69) is 20.9 Å². The van der Waals surface area contributed by atoms with E-state index in [4.69, 9.17) is 11.6 Å². The minimum absolute atomic E-state index is 0.557. The van der Waals surface area contributed by atoms with E-state index < -0.39 is 6.10 Å². The Bertz CT molecular complexity index is 562. The molecule has 2 nitrogen and oxygen atoms in total. The molecule has 0 saturated carbocycles. The summed E-state index contributed by atoms with van der Waals surface area (Å²) in [7, 11) is 0. The normalized spacial score (nSPS) is 12.4. The maximum atomic E-state index is 9.52. The highest BCUT2D eigenvalue weighted by atomic mass is 79.9. The van der Waals surface area contributed by atoms with Gasteiger partial charge in [-0.05, 0) is 52.7 Å². The predicted octanol–water partition coefficient (Wildman–Crippen LogP) is 4.70. The van der Waals surface area contributed by atoms with Gasteiger partial charge in [0.05, 0.1) is 10.6 Å². The van der Waals surface area contributed by atoms with Crippen molar-refractivity contribution in [1.82, 2.24) is 4.98 Å². The first kappa shape index (κ1) is 13.9. The number of pyridine rings is 1. The third-order valence-electron chi connectivity index (χ3n) is 2.36. The maximum absolute atomic E-state index is 9.52. The van der Waals surface area contributed by atoms with Gasteiger partial charge in [0.15, 0.2) is 0 Å². The summed E-state index contributed by atoms with van der Waals surface area (Å²) in [6.45, 7) is 1.70. The van der Waals surface area contributed by atoms with E-state index in [1.165, 1.54) is 11.8 Å². The standard InChI is InChI=1S/C13H11BrClNOS/c1-8(17)10-5-4-9(7-12(10)15)18-13-11(14)3-2-6-16-13/h2-8,17H,1H3. The van der Waals surface area contributed by atoms with Gasteiger partial charge in [0.2, 0.25) is 0 Å². The summed E-state index contributed by atoms with van der Waals surface area (Å²) in [5, 5.41) is 11.0. The van der Waals surface area contributed by atoms with Gasteiger partial charge >= 0.3 is 0 Å². The Morgan fingerprint density at radius 2 is 2.17 bits per heavy atom. The number of rotatable bonds is 3. The van der Waals surface area contributed by atoms with Crippen LogP contribution >= 0.6 is 39.3 Å². The van der Waals surface area contributed by atoms with E-state index in [1.54, 1.807) is 13.1 Å². The molecule has 0 aliphatic rings. The number of benzene rings is 1. The van der Waals surface area contributed by atoms with Crippen molar-refractivity contribution in [1.29, 1.82) is 0 Å². The quantitative estimate of drug-likeness (QED) is 0.876. The third-order valence-corrected chi connectivity index (χ3v) is 4.60. The summed E-state index contributed by atoms with van der Waals surface area (Å²) >= 11 is 11.1. The highest BCUT2D eigenvalue weighted by molar-refractivity contribution is 9.10. The highest BCUT2D eigenvalue weighted by Gasteiger charge is 2.09. The molecule has 0 amide bonds. The predicted molar refractivity (Wildman–Crippen MR) is 78.1 cm³/mol. The molecule has 1 N–H and O–H groups in total. The van der Waals surface area contributed by atoms with E-state index in [1.807, 2.05) is 30.3 Å². The fourth-order valence-electron chi connectivity index (χ4n) is 1.47. The smallest absolute Gasteiger partial charge is 0.115 e. The summed E-state index contributed by atoms with van der Waals surface area (Å²) in [5.74, 6) is 0. The number of nitrogens with zero attached hydrogens (tertiary/aromatic N) is 1. The summed E-state index contributed by atoms with van der Waals surface area (Å²) in [6, 6.07) is 9.43. The second-order valence-electron chi connectivity index (χ2n) is 3.75. The van der Waals surface area contributed by atoms with Crippen LogP contribution in [0.4, 0.5) is 0 Å². The van der Waals surface area contributed by atoms with Gasteiger partial charge in [-0.3, -0.25) is 0 Å². The van der Waals surface area contributed by atoms with E-state index in [0.717, 1.165) is 20.0 Å². The molecule has 1 aromatic carbocycles. The Morgan fingerprint density at radius 1 is 1.39 bits per heavy atom. The minimum atomic E-state index is -0.557. The van der Waals surface area contributed by atoms with Crippen LogP contribution in [0.3, 0.4) is 0 Å². The molecule has 1 aromatic heterocycles. The largest absolute Gasteiger partial charge is 0.389 e. The first-order valence-electron chi connectivity index (χ1n) is 5.34. The number of aliphatic hydroxyl groups is 1. The van der Waals surface area contributed by atoms with Crippen LogP contribution in [0.1, 0.15) is 18.6 Å². The Hall–Kier alpha value is -0.550. The Kier molecular flexibility index (Phi) is 4.67. The van der Waals surface area contributed by atoms with Gasteiger partial charge in [-0.1, -0.05) is 29.4 Å². The van der Waals surface area contributed by atoms with Gasteiger partial charge in [0.1, 0.15) is 5.03 Å². The van der Waals surface area contributed by atoms with Crippen LogP contribution in [0.5, 0.6) is 0 Å². The molecule has 2 rings (SSSR count). The van der Waals surface area contributed by atoms with Crippen LogP contribution in [0, 0.1) is 0 Å². The highest BCUT2D eigenvalue weighted by Crippen LogP contribution is 2.34. The maximum Gasteiger partial charge on any atom is 0.115 e. The van der Waals surface area contributed by atoms with Crippen molar-refractivity contribution in [3.8, 4) is 0 Å². The fourth-order valence-corrected chi connectivity index (χ4v) is 3.18. The SMILES string of the molecule is CC(O)c1ccc(Sc2ncccc2Br)cc1Cl. The minimum Gasteiger partial charge on any atom is -0.389 e. The monoisotopic (exact) mass is 343 g/mol. The molecular weight excluding hydrogens is 334 g/mol. The Morgan fingerprint density at radius 3 is 2.78 bits per heavy atom. The third kappa shape index (κ3) is 3.26. The summed E-state index contributed by atoms with van der Waals surface area (Å²) < 4.78 is 0.950. The summed E-state index contributed by atoms with van der Waals surface area (Å²) in [6.07, 6.45) is 1.19. The topological polar surface area (TPSA) is 33.1 Å². The van der Waals surface area contributed by atoms with Crippen LogP contribution in [-0.2, 0) is 0 Å². The number of halogens is 2. The number of aromatic nitrogens is 1. The lowest BCUT2D eigenvalue weighted by molar-refractivity contribution is 0.199. The van der Waals surface area contributed by atoms with Crippen molar-refractivity contribution in [2.75, 3.05) is 0 Å². The average Bonchev–Trinajstić information content (AvgIpc) is 2.32. The molecule has 0 radical (unpaired) electrons.